The Bertz CT molecular complexity index is 514. The number of hydrogen-bond donors (Lipinski definition) is 1. The highest BCUT2D eigenvalue weighted by Crippen LogP contribution is 2.58. The molecular formula is C20H29NO2. The fourth-order valence-electron chi connectivity index (χ4n) is 7.23. The Labute approximate surface area is 139 Å². The number of fused-ring (bicyclic) bond motifs is 7. The zero-order chi connectivity index (χ0) is 15.6. The Morgan fingerprint density at radius 1 is 0.826 bits per heavy atom. The van der Waals surface area contributed by atoms with Crippen LogP contribution in [0.5, 0.6) is 0 Å². The van der Waals surface area contributed by atoms with Crippen LogP contribution in [0.25, 0.3) is 0 Å². The van der Waals surface area contributed by atoms with Gasteiger partial charge in [-0.3, -0.25) is 9.59 Å². The molecule has 3 nitrogen and oxygen atoms in total. The van der Waals surface area contributed by atoms with Gasteiger partial charge in [0.1, 0.15) is 5.78 Å². The molecule has 5 saturated carbocycles. The van der Waals surface area contributed by atoms with E-state index in [4.69, 9.17) is 0 Å². The van der Waals surface area contributed by atoms with Crippen molar-refractivity contribution in [2.75, 3.05) is 0 Å². The van der Waals surface area contributed by atoms with Crippen molar-refractivity contribution in [3.05, 3.63) is 0 Å². The van der Waals surface area contributed by atoms with Crippen LogP contribution in [0.15, 0.2) is 0 Å². The third-order valence-electron chi connectivity index (χ3n) is 8.18. The number of carbonyl (C=O) groups is 2. The quantitative estimate of drug-likeness (QED) is 0.849. The molecule has 7 atom stereocenters. The first kappa shape index (κ1) is 14.5. The average molecular weight is 315 g/mol. The predicted molar refractivity (Wildman–Crippen MR) is 87.5 cm³/mol. The van der Waals surface area contributed by atoms with Gasteiger partial charge in [-0.15, -0.1) is 0 Å². The summed E-state index contributed by atoms with van der Waals surface area (Å²) in [7, 11) is 0. The van der Waals surface area contributed by atoms with Crippen molar-refractivity contribution in [2.24, 2.45) is 41.4 Å². The summed E-state index contributed by atoms with van der Waals surface area (Å²) in [6.45, 7) is 0. The zero-order valence-corrected chi connectivity index (χ0v) is 14.0. The topological polar surface area (TPSA) is 46.2 Å². The van der Waals surface area contributed by atoms with Gasteiger partial charge in [-0.05, 0) is 75.0 Å². The SMILES string of the molecule is O=C(NC1CC2CC1C1CCCC21)C1CC2CCCC(C1)C2=O. The molecule has 1 N–H and O–H groups in total. The van der Waals surface area contributed by atoms with E-state index >= 15 is 0 Å². The van der Waals surface area contributed by atoms with E-state index in [9.17, 15) is 9.59 Å². The largest absolute Gasteiger partial charge is 0.353 e. The predicted octanol–water partition coefficient (Wildman–Crippen LogP) is 3.32. The lowest BCUT2D eigenvalue weighted by atomic mass is 9.67. The van der Waals surface area contributed by atoms with Gasteiger partial charge in [-0.2, -0.15) is 0 Å². The molecule has 0 aromatic carbocycles. The number of nitrogens with one attached hydrogen (secondary N) is 1. The van der Waals surface area contributed by atoms with Crippen molar-refractivity contribution in [1.82, 2.24) is 5.32 Å². The molecule has 5 aliphatic carbocycles. The Morgan fingerprint density at radius 2 is 1.52 bits per heavy atom. The summed E-state index contributed by atoms with van der Waals surface area (Å²) in [5.41, 5.74) is 0. The Hall–Kier alpha value is -0.860. The van der Waals surface area contributed by atoms with Crippen molar-refractivity contribution in [3.63, 3.8) is 0 Å². The normalized spacial score (nSPS) is 50.9. The van der Waals surface area contributed by atoms with Gasteiger partial charge < -0.3 is 5.32 Å². The second-order valence-corrected chi connectivity index (χ2v) is 9.16. The second-order valence-electron chi connectivity index (χ2n) is 9.16. The fourth-order valence-corrected chi connectivity index (χ4v) is 7.23. The van der Waals surface area contributed by atoms with Crippen LogP contribution in [0.1, 0.15) is 64.2 Å². The van der Waals surface area contributed by atoms with Crippen LogP contribution in [0, 0.1) is 41.4 Å². The molecule has 5 aliphatic rings. The molecule has 0 aliphatic heterocycles. The van der Waals surface area contributed by atoms with Crippen LogP contribution in [0.4, 0.5) is 0 Å². The van der Waals surface area contributed by atoms with E-state index in [2.05, 4.69) is 5.32 Å². The minimum atomic E-state index is 0.113. The van der Waals surface area contributed by atoms with Crippen molar-refractivity contribution in [2.45, 2.75) is 70.3 Å². The first-order valence-electron chi connectivity index (χ1n) is 10.0. The number of rotatable bonds is 2. The molecule has 0 heterocycles. The number of carbonyl (C=O) groups excluding carboxylic acids is 2. The van der Waals surface area contributed by atoms with Crippen LogP contribution >= 0.6 is 0 Å². The monoisotopic (exact) mass is 315 g/mol. The Balaban J connectivity index is 1.24. The van der Waals surface area contributed by atoms with E-state index in [1.807, 2.05) is 0 Å². The minimum Gasteiger partial charge on any atom is -0.353 e. The van der Waals surface area contributed by atoms with E-state index in [1.54, 1.807) is 0 Å². The third-order valence-corrected chi connectivity index (χ3v) is 8.18. The maximum Gasteiger partial charge on any atom is 0.223 e. The molecule has 0 aromatic heterocycles. The van der Waals surface area contributed by atoms with Gasteiger partial charge in [0, 0.05) is 23.8 Å². The lowest BCUT2D eigenvalue weighted by Gasteiger charge is -2.38. The zero-order valence-electron chi connectivity index (χ0n) is 14.0. The molecule has 0 aromatic rings. The van der Waals surface area contributed by atoms with Crippen molar-refractivity contribution >= 4 is 11.7 Å². The molecule has 7 unspecified atom stereocenters. The Kier molecular flexibility index (Phi) is 3.35. The van der Waals surface area contributed by atoms with E-state index in [0.717, 1.165) is 49.4 Å². The minimum absolute atomic E-state index is 0.113. The fraction of sp³-hybridized carbons (Fsp3) is 0.900. The van der Waals surface area contributed by atoms with Crippen LogP contribution in [0.2, 0.25) is 0 Å². The number of Topliss-reactive ketones (excluding diaryl/α,β-unsaturated/α-hetero) is 1. The van der Waals surface area contributed by atoms with E-state index in [1.165, 1.54) is 38.5 Å². The summed E-state index contributed by atoms with van der Waals surface area (Å²) < 4.78 is 0. The summed E-state index contributed by atoms with van der Waals surface area (Å²) in [5.74, 6) is 4.80. The van der Waals surface area contributed by atoms with E-state index in [-0.39, 0.29) is 23.7 Å². The van der Waals surface area contributed by atoms with Gasteiger partial charge in [-0.25, -0.2) is 0 Å². The smallest absolute Gasteiger partial charge is 0.223 e. The summed E-state index contributed by atoms with van der Waals surface area (Å²) in [6, 6.07) is 0.448. The molecule has 1 amide bonds. The van der Waals surface area contributed by atoms with Gasteiger partial charge in [0.2, 0.25) is 5.91 Å². The van der Waals surface area contributed by atoms with Crippen LogP contribution in [0.3, 0.4) is 0 Å². The highest BCUT2D eigenvalue weighted by atomic mass is 16.2. The molecule has 0 radical (unpaired) electrons. The first-order chi connectivity index (χ1) is 11.2. The van der Waals surface area contributed by atoms with Crippen LogP contribution < -0.4 is 5.32 Å². The molecule has 4 bridgehead atoms. The summed E-state index contributed by atoms with van der Waals surface area (Å²) in [6.07, 6.45) is 11.8. The van der Waals surface area contributed by atoms with Crippen molar-refractivity contribution in [1.29, 1.82) is 0 Å². The van der Waals surface area contributed by atoms with E-state index in [0.29, 0.717) is 11.8 Å². The maximum atomic E-state index is 12.8. The standard InChI is InChI=1S/C20H29NO2/c22-19-11-3-1-4-12(19)8-14(7-11)20(23)21-18-10-13-9-17(18)16-6-2-5-15(13)16/h11-18H,1-10H2,(H,21,23). The molecule has 0 spiro atoms. The Morgan fingerprint density at radius 3 is 2.30 bits per heavy atom. The second kappa shape index (κ2) is 5.32. The number of hydrogen-bond acceptors (Lipinski definition) is 2. The maximum absolute atomic E-state index is 12.8. The third kappa shape index (κ3) is 2.21. The molecule has 23 heavy (non-hydrogen) atoms. The molecule has 5 rings (SSSR count). The number of ketones is 1. The number of amides is 1. The van der Waals surface area contributed by atoms with Crippen LogP contribution in [-0.4, -0.2) is 17.7 Å². The highest BCUT2D eigenvalue weighted by Gasteiger charge is 2.54. The van der Waals surface area contributed by atoms with Gasteiger partial charge in [0.15, 0.2) is 0 Å². The highest BCUT2D eigenvalue weighted by molar-refractivity contribution is 5.88. The van der Waals surface area contributed by atoms with Gasteiger partial charge in [-0.1, -0.05) is 12.8 Å². The molecule has 5 fully saturated rings. The van der Waals surface area contributed by atoms with Crippen LogP contribution in [-0.2, 0) is 9.59 Å². The van der Waals surface area contributed by atoms with Crippen molar-refractivity contribution in [3.8, 4) is 0 Å². The molecule has 3 heteroatoms. The first-order valence-corrected chi connectivity index (χ1v) is 10.0. The summed E-state index contributed by atoms with van der Waals surface area (Å²) >= 11 is 0. The summed E-state index contributed by atoms with van der Waals surface area (Å²) in [5, 5.41) is 3.45. The van der Waals surface area contributed by atoms with Gasteiger partial charge in [0.25, 0.3) is 0 Å². The molecule has 126 valence electrons. The van der Waals surface area contributed by atoms with Crippen molar-refractivity contribution < 1.29 is 9.59 Å². The molecule has 0 saturated heterocycles. The van der Waals surface area contributed by atoms with Gasteiger partial charge in [0.05, 0.1) is 0 Å². The van der Waals surface area contributed by atoms with E-state index < -0.39 is 0 Å². The summed E-state index contributed by atoms with van der Waals surface area (Å²) in [4.78, 5) is 25.1. The lowest BCUT2D eigenvalue weighted by Crippen LogP contribution is -2.48. The lowest BCUT2D eigenvalue weighted by molar-refractivity contribution is -0.138. The molecular weight excluding hydrogens is 286 g/mol. The van der Waals surface area contributed by atoms with Gasteiger partial charge >= 0.3 is 0 Å². The average Bonchev–Trinajstić information content (AvgIpc) is 3.19.